The van der Waals surface area contributed by atoms with E-state index in [9.17, 15) is 4.79 Å². The summed E-state index contributed by atoms with van der Waals surface area (Å²) < 4.78 is 1.86. The van der Waals surface area contributed by atoms with E-state index < -0.39 is 0 Å². The quantitative estimate of drug-likeness (QED) is 0.858. The normalized spacial score (nSPS) is 24.1. The van der Waals surface area contributed by atoms with Crippen molar-refractivity contribution in [3.05, 3.63) is 48.0 Å². The van der Waals surface area contributed by atoms with Crippen LogP contribution in [0.25, 0.3) is 0 Å². The fourth-order valence-corrected chi connectivity index (χ4v) is 4.35. The molecule has 0 bridgehead atoms. The van der Waals surface area contributed by atoms with Gasteiger partial charge in [0.15, 0.2) is 0 Å². The van der Waals surface area contributed by atoms with Gasteiger partial charge in [-0.2, -0.15) is 5.10 Å². The van der Waals surface area contributed by atoms with Crippen molar-refractivity contribution in [1.29, 1.82) is 0 Å². The van der Waals surface area contributed by atoms with E-state index >= 15 is 0 Å². The van der Waals surface area contributed by atoms with Crippen LogP contribution in [0.3, 0.4) is 0 Å². The van der Waals surface area contributed by atoms with Gasteiger partial charge in [-0.15, -0.1) is 0 Å². The van der Waals surface area contributed by atoms with E-state index in [-0.39, 0.29) is 11.3 Å². The third kappa shape index (κ3) is 3.44. The Labute approximate surface area is 148 Å². The number of aromatic nitrogens is 3. The zero-order valence-electron chi connectivity index (χ0n) is 14.8. The fraction of sp³-hybridized carbons (Fsp3) is 0.526. The van der Waals surface area contributed by atoms with Crippen molar-refractivity contribution in [1.82, 2.24) is 24.6 Å². The Balaban J connectivity index is 1.41. The molecule has 1 atom stereocenters. The minimum absolute atomic E-state index is 0.0712. The van der Waals surface area contributed by atoms with Gasteiger partial charge in [0, 0.05) is 56.6 Å². The monoisotopic (exact) mass is 339 g/mol. The molecular weight excluding hydrogens is 314 g/mol. The van der Waals surface area contributed by atoms with Crippen LogP contribution in [0.15, 0.2) is 36.8 Å². The average Bonchev–Trinajstić information content (AvgIpc) is 3.22. The third-order valence-corrected chi connectivity index (χ3v) is 5.51. The molecule has 0 aliphatic carbocycles. The molecule has 0 radical (unpaired) electrons. The Kier molecular flexibility index (Phi) is 4.29. The van der Waals surface area contributed by atoms with E-state index in [1.807, 2.05) is 41.0 Å². The maximum Gasteiger partial charge on any atom is 0.272 e. The van der Waals surface area contributed by atoms with E-state index in [1.54, 1.807) is 6.20 Å². The lowest BCUT2D eigenvalue weighted by Gasteiger charge is -2.40. The molecule has 4 heterocycles. The van der Waals surface area contributed by atoms with Gasteiger partial charge in [-0.1, -0.05) is 6.07 Å². The maximum absolute atomic E-state index is 12.7. The van der Waals surface area contributed by atoms with Crippen LogP contribution in [0.1, 0.15) is 35.3 Å². The molecule has 2 aliphatic rings. The number of aryl methyl sites for hydroxylation is 1. The van der Waals surface area contributed by atoms with Crippen molar-refractivity contribution < 1.29 is 4.79 Å². The summed E-state index contributed by atoms with van der Waals surface area (Å²) in [6.07, 6.45) is 9.23. The topological polar surface area (TPSA) is 54.3 Å². The lowest BCUT2D eigenvalue weighted by atomic mass is 9.79. The Hall–Kier alpha value is -2.21. The Morgan fingerprint density at radius 2 is 2.16 bits per heavy atom. The second-order valence-electron chi connectivity index (χ2n) is 7.53. The van der Waals surface area contributed by atoms with Crippen LogP contribution in [0.4, 0.5) is 0 Å². The molecule has 0 N–H and O–H groups in total. The molecule has 132 valence electrons. The van der Waals surface area contributed by atoms with E-state index in [2.05, 4.69) is 21.2 Å². The minimum atomic E-state index is 0.0712. The molecular formula is C19H25N5O. The lowest BCUT2D eigenvalue weighted by molar-refractivity contribution is 0.0671. The molecule has 0 saturated carbocycles. The first-order chi connectivity index (χ1) is 12.1. The SMILES string of the molecule is Cn1cc(CN2CCC[C@]3(CCN(C(=O)c4ccccn4)C3)C2)cn1. The van der Waals surface area contributed by atoms with Crippen LogP contribution in [-0.2, 0) is 13.6 Å². The molecule has 0 aromatic carbocycles. The molecule has 25 heavy (non-hydrogen) atoms. The molecule has 1 amide bonds. The van der Waals surface area contributed by atoms with Gasteiger partial charge in [0.05, 0.1) is 6.20 Å². The van der Waals surface area contributed by atoms with Crippen LogP contribution in [0.2, 0.25) is 0 Å². The zero-order chi connectivity index (χ0) is 17.3. The molecule has 1 spiro atoms. The first-order valence-electron chi connectivity index (χ1n) is 9.04. The van der Waals surface area contributed by atoms with Gasteiger partial charge in [-0.25, -0.2) is 0 Å². The Bertz CT molecular complexity index is 743. The third-order valence-electron chi connectivity index (χ3n) is 5.51. The second kappa shape index (κ2) is 6.59. The van der Waals surface area contributed by atoms with E-state index in [0.29, 0.717) is 5.69 Å². The van der Waals surface area contributed by atoms with Crippen molar-refractivity contribution >= 4 is 5.91 Å². The van der Waals surface area contributed by atoms with Crippen LogP contribution >= 0.6 is 0 Å². The first-order valence-corrected chi connectivity index (χ1v) is 9.04. The average molecular weight is 339 g/mol. The van der Waals surface area contributed by atoms with Crippen LogP contribution in [0, 0.1) is 5.41 Å². The van der Waals surface area contributed by atoms with Crippen LogP contribution in [0.5, 0.6) is 0 Å². The van der Waals surface area contributed by atoms with Gasteiger partial charge in [0.1, 0.15) is 5.69 Å². The van der Waals surface area contributed by atoms with E-state index in [1.165, 1.54) is 18.4 Å². The van der Waals surface area contributed by atoms with Crippen molar-refractivity contribution in [3.8, 4) is 0 Å². The maximum atomic E-state index is 12.7. The smallest absolute Gasteiger partial charge is 0.272 e. The van der Waals surface area contributed by atoms with Gasteiger partial charge in [-0.05, 0) is 37.9 Å². The summed E-state index contributed by atoms with van der Waals surface area (Å²) in [5, 5.41) is 4.27. The zero-order valence-corrected chi connectivity index (χ0v) is 14.8. The number of hydrogen-bond donors (Lipinski definition) is 0. The number of likely N-dealkylation sites (tertiary alicyclic amines) is 2. The summed E-state index contributed by atoms with van der Waals surface area (Å²) in [4.78, 5) is 21.4. The largest absolute Gasteiger partial charge is 0.337 e. The molecule has 6 heteroatoms. The fourth-order valence-electron chi connectivity index (χ4n) is 4.35. The minimum Gasteiger partial charge on any atom is -0.337 e. The highest BCUT2D eigenvalue weighted by Crippen LogP contribution is 2.39. The predicted molar refractivity (Wildman–Crippen MR) is 94.9 cm³/mol. The van der Waals surface area contributed by atoms with Crippen LogP contribution in [-0.4, -0.2) is 56.7 Å². The summed E-state index contributed by atoms with van der Waals surface area (Å²) >= 11 is 0. The molecule has 2 aromatic heterocycles. The van der Waals surface area contributed by atoms with Crippen molar-refractivity contribution in [2.24, 2.45) is 12.5 Å². The highest BCUT2D eigenvalue weighted by molar-refractivity contribution is 5.92. The van der Waals surface area contributed by atoms with Crippen molar-refractivity contribution in [2.45, 2.75) is 25.8 Å². The lowest BCUT2D eigenvalue weighted by Crippen LogP contribution is -2.45. The number of piperidine rings is 1. The summed E-state index contributed by atoms with van der Waals surface area (Å²) in [6, 6.07) is 5.53. The van der Waals surface area contributed by atoms with Gasteiger partial charge in [0.2, 0.25) is 0 Å². The summed E-state index contributed by atoms with van der Waals surface area (Å²) in [5.74, 6) is 0.0712. The Morgan fingerprint density at radius 1 is 1.24 bits per heavy atom. The van der Waals surface area contributed by atoms with Crippen molar-refractivity contribution in [3.63, 3.8) is 0 Å². The van der Waals surface area contributed by atoms with Gasteiger partial charge in [-0.3, -0.25) is 19.4 Å². The molecule has 0 unspecified atom stereocenters. The highest BCUT2D eigenvalue weighted by Gasteiger charge is 2.43. The molecule has 2 aromatic rings. The van der Waals surface area contributed by atoms with Crippen LogP contribution < -0.4 is 0 Å². The molecule has 2 aliphatic heterocycles. The Morgan fingerprint density at radius 3 is 2.92 bits per heavy atom. The molecule has 6 nitrogen and oxygen atoms in total. The number of carbonyl (C=O) groups excluding carboxylic acids is 1. The van der Waals surface area contributed by atoms with E-state index in [0.717, 1.165) is 39.1 Å². The number of rotatable bonds is 3. The predicted octanol–water partition coefficient (Wildman–Crippen LogP) is 1.94. The first kappa shape index (κ1) is 16.3. The summed E-state index contributed by atoms with van der Waals surface area (Å²) in [7, 11) is 1.96. The number of amides is 1. The second-order valence-corrected chi connectivity index (χ2v) is 7.53. The van der Waals surface area contributed by atoms with E-state index in [4.69, 9.17) is 0 Å². The van der Waals surface area contributed by atoms with Gasteiger partial charge < -0.3 is 4.90 Å². The standard InChI is InChI=1S/C19H25N5O/c1-22-12-16(11-21-22)13-23-9-4-6-19(14-23)7-10-24(15-19)18(25)17-5-2-3-8-20-17/h2-3,5,8,11-12H,4,6-7,9-10,13-15H2,1H3/t19-/m0/s1. The summed E-state index contributed by atoms with van der Waals surface area (Å²) in [5.41, 5.74) is 2.06. The number of nitrogens with zero attached hydrogens (tertiary/aromatic N) is 5. The molecule has 4 rings (SSSR count). The van der Waals surface area contributed by atoms with Gasteiger partial charge in [0.25, 0.3) is 5.91 Å². The number of carbonyl (C=O) groups is 1. The number of pyridine rings is 1. The van der Waals surface area contributed by atoms with Gasteiger partial charge >= 0.3 is 0 Å². The molecule has 2 saturated heterocycles. The summed E-state index contributed by atoms with van der Waals surface area (Å²) in [6.45, 7) is 4.84. The highest BCUT2D eigenvalue weighted by atomic mass is 16.2. The molecule has 2 fully saturated rings. The van der Waals surface area contributed by atoms with Crippen molar-refractivity contribution in [2.75, 3.05) is 26.2 Å². The number of hydrogen-bond acceptors (Lipinski definition) is 4.